The zero-order valence-electron chi connectivity index (χ0n) is 11.6. The van der Waals surface area contributed by atoms with Gasteiger partial charge in [0.1, 0.15) is 0 Å². The first kappa shape index (κ1) is 13.6. The predicted octanol–water partition coefficient (Wildman–Crippen LogP) is 2.03. The molecule has 0 atom stereocenters. The number of tetrazole rings is 1. The average Bonchev–Trinajstić information content (AvgIpc) is 3.17. The van der Waals surface area contributed by atoms with Crippen molar-refractivity contribution in [1.82, 2.24) is 25.5 Å². The van der Waals surface area contributed by atoms with Crippen LogP contribution >= 0.6 is 11.8 Å². The number of hydrogen-bond donors (Lipinski definition) is 1. The summed E-state index contributed by atoms with van der Waals surface area (Å²) >= 11 is 1.69. The van der Waals surface area contributed by atoms with E-state index >= 15 is 0 Å². The van der Waals surface area contributed by atoms with Crippen molar-refractivity contribution in [2.75, 3.05) is 6.54 Å². The molecule has 6 heteroatoms. The second-order valence-electron chi connectivity index (χ2n) is 5.19. The van der Waals surface area contributed by atoms with E-state index in [4.69, 9.17) is 0 Å². The summed E-state index contributed by atoms with van der Waals surface area (Å²) in [6.45, 7) is 3.87. The molecule has 1 aromatic carbocycles. The van der Waals surface area contributed by atoms with E-state index in [-0.39, 0.29) is 0 Å². The van der Waals surface area contributed by atoms with Crippen LogP contribution in [0.25, 0.3) is 0 Å². The lowest BCUT2D eigenvalue weighted by atomic mass is 10.2. The van der Waals surface area contributed by atoms with Gasteiger partial charge in [0.15, 0.2) is 0 Å². The lowest BCUT2D eigenvalue weighted by Crippen LogP contribution is -2.22. The Morgan fingerprint density at radius 3 is 2.85 bits per heavy atom. The zero-order valence-corrected chi connectivity index (χ0v) is 12.4. The number of rotatable bonds is 7. The van der Waals surface area contributed by atoms with Crippen LogP contribution < -0.4 is 5.32 Å². The first-order valence-corrected chi connectivity index (χ1v) is 7.98. The molecule has 1 N–H and O–H groups in total. The molecule has 0 amide bonds. The zero-order chi connectivity index (χ0) is 13.8. The molecule has 106 valence electrons. The average molecular weight is 289 g/mol. The van der Waals surface area contributed by atoms with Gasteiger partial charge in [-0.25, -0.2) is 4.68 Å². The Hall–Kier alpha value is -1.40. The number of hydrogen-bond acceptors (Lipinski definition) is 5. The van der Waals surface area contributed by atoms with Crippen molar-refractivity contribution in [1.29, 1.82) is 0 Å². The van der Waals surface area contributed by atoms with Crippen LogP contribution in [0.15, 0.2) is 29.4 Å². The fourth-order valence-electron chi connectivity index (χ4n) is 1.93. The molecule has 1 saturated carbocycles. The first-order chi connectivity index (χ1) is 9.81. The number of nitrogens with zero attached hydrogens (tertiary/aromatic N) is 4. The fourth-order valence-corrected chi connectivity index (χ4v) is 2.79. The summed E-state index contributed by atoms with van der Waals surface area (Å²) in [4.78, 5) is 0. The van der Waals surface area contributed by atoms with Crippen LogP contribution in [0.3, 0.4) is 0 Å². The van der Waals surface area contributed by atoms with Crippen molar-refractivity contribution in [2.24, 2.45) is 0 Å². The Kier molecular flexibility index (Phi) is 4.32. The molecule has 1 aromatic heterocycles. The van der Waals surface area contributed by atoms with Crippen LogP contribution in [0.4, 0.5) is 0 Å². The summed E-state index contributed by atoms with van der Waals surface area (Å²) in [5.41, 5.74) is 2.58. The monoisotopic (exact) mass is 289 g/mol. The normalized spacial score (nSPS) is 14.7. The van der Waals surface area contributed by atoms with Crippen LogP contribution in [-0.2, 0) is 12.3 Å². The fraction of sp³-hybridized carbons (Fsp3) is 0.500. The van der Waals surface area contributed by atoms with Crippen molar-refractivity contribution in [3.05, 3.63) is 35.4 Å². The minimum absolute atomic E-state index is 0.732. The van der Waals surface area contributed by atoms with Crippen molar-refractivity contribution in [3.8, 4) is 0 Å². The highest BCUT2D eigenvalue weighted by Crippen LogP contribution is 2.20. The van der Waals surface area contributed by atoms with E-state index < -0.39 is 0 Å². The highest BCUT2D eigenvalue weighted by atomic mass is 32.2. The topological polar surface area (TPSA) is 55.6 Å². The van der Waals surface area contributed by atoms with E-state index in [0.717, 1.165) is 30.0 Å². The molecule has 0 aliphatic heterocycles. The van der Waals surface area contributed by atoms with Gasteiger partial charge in [0.05, 0.1) is 6.54 Å². The van der Waals surface area contributed by atoms with Crippen molar-refractivity contribution >= 4 is 11.8 Å². The van der Waals surface area contributed by atoms with E-state index in [1.807, 2.05) is 4.68 Å². The number of benzene rings is 1. The molecule has 0 radical (unpaired) electrons. The summed E-state index contributed by atoms with van der Waals surface area (Å²) in [6.07, 6.45) is 2.62. The summed E-state index contributed by atoms with van der Waals surface area (Å²) in [5.74, 6) is 0.900. The third-order valence-electron chi connectivity index (χ3n) is 3.32. The molecular weight excluding hydrogens is 270 g/mol. The van der Waals surface area contributed by atoms with Gasteiger partial charge in [-0.2, -0.15) is 0 Å². The maximum Gasteiger partial charge on any atom is 0.209 e. The first-order valence-electron chi connectivity index (χ1n) is 6.99. The summed E-state index contributed by atoms with van der Waals surface area (Å²) in [5, 5.41) is 16.3. The molecule has 0 spiro atoms. The minimum atomic E-state index is 0.732. The largest absolute Gasteiger partial charge is 0.312 e. The molecule has 20 heavy (non-hydrogen) atoms. The third-order valence-corrected chi connectivity index (χ3v) is 4.35. The molecule has 0 saturated heterocycles. The van der Waals surface area contributed by atoms with Crippen LogP contribution in [0.2, 0.25) is 0 Å². The van der Waals surface area contributed by atoms with E-state index in [9.17, 15) is 0 Å². The number of aryl methyl sites for hydroxylation is 1. The van der Waals surface area contributed by atoms with Crippen LogP contribution in [0.1, 0.15) is 24.0 Å². The molecule has 2 aromatic rings. The summed E-state index contributed by atoms with van der Waals surface area (Å²) < 4.78 is 1.88. The predicted molar refractivity (Wildman–Crippen MR) is 79.6 cm³/mol. The minimum Gasteiger partial charge on any atom is -0.312 e. The highest BCUT2D eigenvalue weighted by molar-refractivity contribution is 7.98. The number of thioether (sulfide) groups is 1. The molecule has 3 rings (SSSR count). The second-order valence-corrected chi connectivity index (χ2v) is 6.13. The quantitative estimate of drug-likeness (QED) is 0.790. The maximum absolute atomic E-state index is 4.10. The van der Waals surface area contributed by atoms with Crippen molar-refractivity contribution in [3.63, 3.8) is 0 Å². The summed E-state index contributed by atoms with van der Waals surface area (Å²) in [7, 11) is 0. The Bertz CT molecular complexity index is 547. The molecule has 1 aliphatic rings. The summed E-state index contributed by atoms with van der Waals surface area (Å²) in [6, 6.07) is 9.32. The molecular formula is C14H19N5S. The second kappa shape index (κ2) is 6.37. The molecule has 1 heterocycles. The standard InChI is InChI=1S/C14H19N5S/c1-11-2-4-12(5-3-11)10-20-14-16-17-18-19(14)9-8-15-13-6-7-13/h2-5,13,15H,6-10H2,1H3. The Morgan fingerprint density at radius 1 is 1.30 bits per heavy atom. The molecule has 5 nitrogen and oxygen atoms in total. The maximum atomic E-state index is 4.10. The van der Waals surface area contributed by atoms with Crippen LogP contribution in [0.5, 0.6) is 0 Å². The van der Waals surface area contributed by atoms with Gasteiger partial charge in [-0.3, -0.25) is 0 Å². The Morgan fingerprint density at radius 2 is 2.10 bits per heavy atom. The van der Waals surface area contributed by atoms with Gasteiger partial charge in [-0.15, -0.1) is 5.10 Å². The van der Waals surface area contributed by atoms with E-state index in [1.54, 1.807) is 11.8 Å². The van der Waals surface area contributed by atoms with Gasteiger partial charge < -0.3 is 5.32 Å². The van der Waals surface area contributed by atoms with Crippen LogP contribution in [-0.4, -0.2) is 32.8 Å². The SMILES string of the molecule is Cc1ccc(CSc2nnnn2CCNC2CC2)cc1. The molecule has 1 fully saturated rings. The van der Waals surface area contributed by atoms with Gasteiger partial charge in [0, 0.05) is 18.3 Å². The van der Waals surface area contributed by atoms with E-state index in [1.165, 1.54) is 24.0 Å². The van der Waals surface area contributed by atoms with Gasteiger partial charge in [0.2, 0.25) is 5.16 Å². The van der Waals surface area contributed by atoms with Gasteiger partial charge in [-0.05, 0) is 35.8 Å². The van der Waals surface area contributed by atoms with Gasteiger partial charge >= 0.3 is 0 Å². The van der Waals surface area contributed by atoms with Gasteiger partial charge in [0.25, 0.3) is 0 Å². The van der Waals surface area contributed by atoms with E-state index in [0.29, 0.717) is 0 Å². The molecule has 0 unspecified atom stereocenters. The van der Waals surface area contributed by atoms with E-state index in [2.05, 4.69) is 52.0 Å². The Balaban J connectivity index is 1.51. The van der Waals surface area contributed by atoms with Crippen molar-refractivity contribution in [2.45, 2.75) is 43.3 Å². The molecule has 0 bridgehead atoms. The lowest BCUT2D eigenvalue weighted by molar-refractivity contribution is 0.509. The Labute approximate surface area is 123 Å². The number of nitrogens with one attached hydrogen (secondary N) is 1. The molecule has 1 aliphatic carbocycles. The van der Waals surface area contributed by atoms with Crippen molar-refractivity contribution < 1.29 is 0 Å². The third kappa shape index (κ3) is 3.80. The smallest absolute Gasteiger partial charge is 0.209 e. The lowest BCUT2D eigenvalue weighted by Gasteiger charge is -2.05. The van der Waals surface area contributed by atoms with Crippen LogP contribution in [0, 0.1) is 6.92 Å². The number of aromatic nitrogens is 4. The van der Waals surface area contributed by atoms with Gasteiger partial charge in [-0.1, -0.05) is 41.6 Å². The highest BCUT2D eigenvalue weighted by Gasteiger charge is 2.20.